The van der Waals surface area contributed by atoms with Crippen LogP contribution in [0.15, 0.2) is 17.5 Å². The van der Waals surface area contributed by atoms with Crippen LogP contribution in [0.4, 0.5) is 0 Å². The Kier molecular flexibility index (Phi) is 7.07. The van der Waals surface area contributed by atoms with Crippen molar-refractivity contribution in [1.82, 2.24) is 9.80 Å². The van der Waals surface area contributed by atoms with Crippen molar-refractivity contribution in [3.63, 3.8) is 0 Å². The smallest absolute Gasteiger partial charge is 0.312 e. The van der Waals surface area contributed by atoms with Gasteiger partial charge in [0.2, 0.25) is 5.91 Å². The summed E-state index contributed by atoms with van der Waals surface area (Å²) in [5, 5.41) is 8.89. The molecule has 3 aliphatic rings. The Morgan fingerprint density at radius 1 is 1.29 bits per heavy atom. The molecule has 1 spiro atoms. The van der Waals surface area contributed by atoms with Gasteiger partial charge < -0.3 is 14.7 Å². The summed E-state index contributed by atoms with van der Waals surface area (Å²) in [6.07, 6.45) is 5.36. The lowest BCUT2D eigenvalue weighted by Crippen LogP contribution is -2.45. The Labute approximate surface area is 169 Å². The van der Waals surface area contributed by atoms with E-state index in [1.165, 1.54) is 12.8 Å². The third kappa shape index (κ3) is 4.91. The normalized spacial score (nSPS) is 23.9. The lowest BCUT2D eigenvalue weighted by atomic mass is 9.76. The number of amides is 1. The van der Waals surface area contributed by atoms with Gasteiger partial charge in [-0.1, -0.05) is 6.07 Å². The molecule has 3 fully saturated rings. The van der Waals surface area contributed by atoms with Crippen molar-refractivity contribution in [2.45, 2.75) is 44.6 Å². The molecule has 1 N–H and O–H groups in total. The Morgan fingerprint density at radius 2 is 1.96 bits per heavy atom. The van der Waals surface area contributed by atoms with Gasteiger partial charge in [-0.05, 0) is 50.2 Å². The molecule has 1 amide bonds. The van der Waals surface area contributed by atoms with Crippen LogP contribution in [-0.4, -0.2) is 72.1 Å². The van der Waals surface area contributed by atoms with Gasteiger partial charge in [-0.2, -0.15) is 0 Å². The van der Waals surface area contributed by atoms with E-state index >= 15 is 0 Å². The van der Waals surface area contributed by atoms with Crippen LogP contribution in [0, 0.1) is 5.41 Å². The van der Waals surface area contributed by atoms with Gasteiger partial charge in [0.25, 0.3) is 6.47 Å². The lowest BCUT2D eigenvalue weighted by Gasteiger charge is -2.36. The van der Waals surface area contributed by atoms with Crippen molar-refractivity contribution in [1.29, 1.82) is 0 Å². The summed E-state index contributed by atoms with van der Waals surface area (Å²) < 4.78 is 5.72. The standard InChI is InChI=1S/C19H26N2O3S.CH2O2/c22-17(12-16-4-3-11-25-16)21-9-5-19(6-10-21)13-15(24-18(19)23)14-20-7-1-2-8-20;2-1-3/h3-4,11,15H,1-2,5-10,12-14H2;1H,(H,2,3). The molecule has 1 unspecified atom stereocenters. The van der Waals surface area contributed by atoms with Gasteiger partial charge in [0, 0.05) is 30.9 Å². The number of carbonyl (C=O) groups is 3. The molecule has 4 rings (SSSR count). The summed E-state index contributed by atoms with van der Waals surface area (Å²) in [6.45, 7) is 4.25. The van der Waals surface area contributed by atoms with E-state index in [2.05, 4.69) is 4.90 Å². The topological polar surface area (TPSA) is 87.2 Å². The van der Waals surface area contributed by atoms with Crippen LogP contribution in [0.1, 0.15) is 37.0 Å². The highest BCUT2D eigenvalue weighted by atomic mass is 32.1. The monoisotopic (exact) mass is 408 g/mol. The maximum Gasteiger partial charge on any atom is 0.312 e. The first-order valence-electron chi connectivity index (χ1n) is 9.88. The molecule has 0 aromatic carbocycles. The number of piperidine rings is 1. The SMILES string of the molecule is O=C(Cc1cccs1)N1CCC2(CC1)CC(CN1CCCC1)OC2=O.O=CO. The predicted octanol–water partition coefficient (Wildman–Crippen LogP) is 2.01. The second-order valence-corrected chi connectivity index (χ2v) is 8.79. The molecule has 8 heteroatoms. The number of ether oxygens (including phenoxy) is 1. The van der Waals surface area contributed by atoms with Crippen molar-refractivity contribution in [2.24, 2.45) is 5.41 Å². The number of cyclic esters (lactones) is 1. The molecule has 0 saturated carbocycles. The van der Waals surface area contributed by atoms with E-state index in [1.54, 1.807) is 11.3 Å². The fourth-order valence-electron chi connectivity index (χ4n) is 4.46. The number of hydrogen-bond acceptors (Lipinski definition) is 6. The second-order valence-electron chi connectivity index (χ2n) is 7.76. The Bertz CT molecular complexity index is 664. The molecule has 7 nitrogen and oxygen atoms in total. The molecule has 28 heavy (non-hydrogen) atoms. The first-order valence-corrected chi connectivity index (χ1v) is 10.8. The van der Waals surface area contributed by atoms with Gasteiger partial charge in [0.05, 0.1) is 11.8 Å². The van der Waals surface area contributed by atoms with Crippen LogP contribution < -0.4 is 0 Å². The number of carbonyl (C=O) groups excluding carboxylic acids is 2. The van der Waals surface area contributed by atoms with E-state index < -0.39 is 0 Å². The highest BCUT2D eigenvalue weighted by molar-refractivity contribution is 7.10. The number of carboxylic acid groups (broad SMARTS) is 1. The second kappa shape index (κ2) is 9.52. The number of rotatable bonds is 4. The lowest BCUT2D eigenvalue weighted by molar-refractivity contribution is -0.152. The van der Waals surface area contributed by atoms with Gasteiger partial charge in [-0.15, -0.1) is 11.3 Å². The number of likely N-dealkylation sites (tertiary alicyclic amines) is 2. The van der Waals surface area contributed by atoms with E-state index in [1.807, 2.05) is 22.4 Å². The van der Waals surface area contributed by atoms with Gasteiger partial charge in [-0.25, -0.2) is 0 Å². The van der Waals surface area contributed by atoms with Crippen molar-refractivity contribution in [2.75, 3.05) is 32.7 Å². The van der Waals surface area contributed by atoms with Crippen LogP contribution in [0.3, 0.4) is 0 Å². The Morgan fingerprint density at radius 3 is 2.57 bits per heavy atom. The van der Waals surface area contributed by atoms with Crippen molar-refractivity contribution >= 4 is 29.7 Å². The van der Waals surface area contributed by atoms with Crippen molar-refractivity contribution < 1.29 is 24.2 Å². The first-order chi connectivity index (χ1) is 13.6. The minimum absolute atomic E-state index is 0.0259. The van der Waals surface area contributed by atoms with Crippen LogP contribution in [0.5, 0.6) is 0 Å². The summed E-state index contributed by atoms with van der Waals surface area (Å²) in [5.41, 5.74) is -0.343. The maximum absolute atomic E-state index is 12.5. The number of thiophene rings is 1. The molecule has 154 valence electrons. The molecular formula is C20H28N2O5S. The maximum atomic E-state index is 12.5. The van der Waals surface area contributed by atoms with Gasteiger partial charge in [0.15, 0.2) is 0 Å². The zero-order valence-electron chi connectivity index (χ0n) is 16.0. The highest BCUT2D eigenvalue weighted by Crippen LogP contribution is 2.43. The van der Waals surface area contributed by atoms with Crippen LogP contribution in [-0.2, 0) is 25.5 Å². The Hall–Kier alpha value is -1.93. The largest absolute Gasteiger partial charge is 0.483 e. The van der Waals surface area contributed by atoms with Gasteiger partial charge >= 0.3 is 5.97 Å². The van der Waals surface area contributed by atoms with Crippen LogP contribution >= 0.6 is 11.3 Å². The van der Waals surface area contributed by atoms with Crippen molar-refractivity contribution in [3.05, 3.63) is 22.4 Å². The molecule has 3 saturated heterocycles. The highest BCUT2D eigenvalue weighted by Gasteiger charge is 2.51. The third-order valence-electron chi connectivity index (χ3n) is 5.96. The number of esters is 1. The van der Waals surface area contributed by atoms with E-state index in [9.17, 15) is 9.59 Å². The van der Waals surface area contributed by atoms with E-state index in [4.69, 9.17) is 14.6 Å². The predicted molar refractivity (Wildman–Crippen MR) is 105 cm³/mol. The number of nitrogens with zero attached hydrogens (tertiary/aromatic N) is 2. The van der Waals surface area contributed by atoms with Crippen molar-refractivity contribution in [3.8, 4) is 0 Å². The molecular weight excluding hydrogens is 380 g/mol. The molecule has 1 atom stereocenters. The molecule has 3 aliphatic heterocycles. The Balaban J connectivity index is 0.000000706. The number of hydrogen-bond donors (Lipinski definition) is 1. The third-order valence-corrected chi connectivity index (χ3v) is 6.84. The van der Waals surface area contributed by atoms with Gasteiger partial charge in [-0.3, -0.25) is 19.3 Å². The molecule has 0 aliphatic carbocycles. The minimum atomic E-state index is -0.343. The van der Waals surface area contributed by atoms with E-state index in [-0.39, 0.29) is 29.9 Å². The molecule has 0 bridgehead atoms. The minimum Gasteiger partial charge on any atom is -0.483 e. The summed E-state index contributed by atoms with van der Waals surface area (Å²) in [6, 6.07) is 3.98. The van der Waals surface area contributed by atoms with Gasteiger partial charge in [0.1, 0.15) is 6.10 Å². The average molecular weight is 409 g/mol. The zero-order valence-corrected chi connectivity index (χ0v) is 16.9. The summed E-state index contributed by atoms with van der Waals surface area (Å²) in [5.74, 6) is 0.152. The molecule has 4 heterocycles. The zero-order chi connectivity index (χ0) is 20.0. The summed E-state index contributed by atoms with van der Waals surface area (Å²) in [4.78, 5) is 38.8. The fourth-order valence-corrected chi connectivity index (χ4v) is 5.15. The van der Waals surface area contributed by atoms with E-state index in [0.717, 1.165) is 43.8 Å². The summed E-state index contributed by atoms with van der Waals surface area (Å²) >= 11 is 1.62. The van der Waals surface area contributed by atoms with Crippen LogP contribution in [0.2, 0.25) is 0 Å². The first kappa shape index (κ1) is 20.8. The van der Waals surface area contributed by atoms with E-state index in [0.29, 0.717) is 19.5 Å². The fraction of sp³-hybridized carbons (Fsp3) is 0.650. The quantitative estimate of drug-likeness (QED) is 0.606. The molecule has 1 aromatic heterocycles. The summed E-state index contributed by atoms with van der Waals surface area (Å²) in [7, 11) is 0. The molecule has 0 radical (unpaired) electrons. The molecule has 1 aromatic rings. The van der Waals surface area contributed by atoms with Crippen LogP contribution in [0.25, 0.3) is 0 Å². The average Bonchev–Trinajstić information content (AvgIpc) is 3.41.